The molecular formula is C20H22O3. The molecule has 0 atom stereocenters. The fourth-order valence-electron chi connectivity index (χ4n) is 3.14. The van der Waals surface area contributed by atoms with Gasteiger partial charge in [-0.2, -0.15) is 0 Å². The van der Waals surface area contributed by atoms with Gasteiger partial charge in [0, 0.05) is 0 Å². The molecule has 0 saturated carbocycles. The molecule has 0 unspecified atom stereocenters. The zero-order chi connectivity index (χ0) is 16.2. The van der Waals surface area contributed by atoms with Crippen molar-refractivity contribution < 1.29 is 14.3 Å². The highest BCUT2D eigenvalue weighted by Crippen LogP contribution is 2.27. The van der Waals surface area contributed by atoms with Crippen LogP contribution in [-0.4, -0.2) is 11.9 Å². The molecule has 23 heavy (non-hydrogen) atoms. The lowest BCUT2D eigenvalue weighted by molar-refractivity contribution is 0.0444. The van der Waals surface area contributed by atoms with E-state index in [-0.39, 0.29) is 0 Å². The highest BCUT2D eigenvalue weighted by molar-refractivity contribution is 6.17. The van der Waals surface area contributed by atoms with Gasteiger partial charge in [0.2, 0.25) is 0 Å². The minimum atomic E-state index is -0.539. The molecule has 0 radical (unpaired) electrons. The summed E-state index contributed by atoms with van der Waals surface area (Å²) >= 11 is 0. The van der Waals surface area contributed by atoms with Crippen LogP contribution in [0.5, 0.6) is 0 Å². The van der Waals surface area contributed by atoms with Crippen molar-refractivity contribution in [1.82, 2.24) is 0 Å². The second kappa shape index (κ2) is 6.95. The lowest BCUT2D eigenvalue weighted by Gasteiger charge is -2.05. The van der Waals surface area contributed by atoms with Crippen molar-refractivity contribution in [2.24, 2.45) is 0 Å². The molecule has 0 aliphatic carbocycles. The summed E-state index contributed by atoms with van der Waals surface area (Å²) in [6.07, 6.45) is 8.77. The summed E-state index contributed by atoms with van der Waals surface area (Å²) in [6, 6.07) is 9.80. The average molecular weight is 310 g/mol. The molecule has 120 valence electrons. The number of rotatable bonds is 7. The van der Waals surface area contributed by atoms with Crippen molar-refractivity contribution in [3.63, 3.8) is 0 Å². The Kier molecular flexibility index (Phi) is 4.75. The molecule has 1 heterocycles. The number of cyclic esters (lactones) is 2. The molecule has 1 aliphatic heterocycles. The second-order valence-electron chi connectivity index (χ2n) is 6.27. The first-order valence-electron chi connectivity index (χ1n) is 8.52. The number of unbranched alkanes of at least 4 members (excludes halogenated alkanes) is 5. The average Bonchev–Trinajstić information content (AvgIpc) is 2.83. The lowest BCUT2D eigenvalue weighted by Crippen LogP contribution is -1.96. The SMILES string of the molecule is CCCCCCCCc1ccc2cc3c(cc2c1)C(=O)OC3=O. The fourth-order valence-corrected chi connectivity index (χ4v) is 3.14. The van der Waals surface area contributed by atoms with E-state index in [2.05, 4.69) is 23.8 Å². The number of carbonyl (C=O) groups is 2. The van der Waals surface area contributed by atoms with Crippen LogP contribution in [0.3, 0.4) is 0 Å². The number of ether oxygens (including phenoxy) is 1. The third-order valence-corrected chi connectivity index (χ3v) is 4.49. The van der Waals surface area contributed by atoms with Crippen LogP contribution >= 0.6 is 0 Å². The van der Waals surface area contributed by atoms with Gasteiger partial charge in [0.15, 0.2) is 0 Å². The number of hydrogen-bond donors (Lipinski definition) is 0. The highest BCUT2D eigenvalue weighted by atomic mass is 16.6. The minimum absolute atomic E-state index is 0.381. The Bertz CT molecular complexity index is 746. The summed E-state index contributed by atoms with van der Waals surface area (Å²) in [5.74, 6) is -1.07. The fraction of sp³-hybridized carbons (Fsp3) is 0.400. The van der Waals surface area contributed by atoms with E-state index >= 15 is 0 Å². The van der Waals surface area contributed by atoms with Gasteiger partial charge in [-0.1, -0.05) is 57.2 Å². The van der Waals surface area contributed by atoms with E-state index < -0.39 is 11.9 Å². The first kappa shape index (κ1) is 15.7. The predicted molar refractivity (Wildman–Crippen MR) is 90.8 cm³/mol. The number of fused-ring (bicyclic) bond motifs is 2. The molecule has 2 aromatic rings. The number of carbonyl (C=O) groups excluding carboxylic acids is 2. The Morgan fingerprint density at radius 2 is 1.43 bits per heavy atom. The first-order valence-corrected chi connectivity index (χ1v) is 8.52. The number of aryl methyl sites for hydroxylation is 1. The summed E-state index contributed by atoms with van der Waals surface area (Å²) in [6.45, 7) is 2.23. The quantitative estimate of drug-likeness (QED) is 0.408. The van der Waals surface area contributed by atoms with E-state index in [1.54, 1.807) is 12.1 Å². The van der Waals surface area contributed by atoms with Crippen LogP contribution in [0.25, 0.3) is 10.8 Å². The Balaban J connectivity index is 1.70. The van der Waals surface area contributed by atoms with Gasteiger partial charge in [-0.05, 0) is 41.3 Å². The molecule has 0 amide bonds. The molecule has 0 N–H and O–H groups in total. The summed E-state index contributed by atoms with van der Waals surface area (Å²) in [7, 11) is 0. The molecule has 0 saturated heterocycles. The van der Waals surface area contributed by atoms with Gasteiger partial charge in [-0.3, -0.25) is 0 Å². The van der Waals surface area contributed by atoms with Gasteiger partial charge in [0.05, 0.1) is 11.1 Å². The highest BCUT2D eigenvalue weighted by Gasteiger charge is 2.29. The van der Waals surface area contributed by atoms with Crippen LogP contribution in [0, 0.1) is 0 Å². The van der Waals surface area contributed by atoms with E-state index in [4.69, 9.17) is 0 Å². The molecule has 1 aliphatic rings. The largest absolute Gasteiger partial charge is 0.386 e. The Hall–Kier alpha value is -2.16. The van der Waals surface area contributed by atoms with Crippen molar-refractivity contribution in [1.29, 1.82) is 0 Å². The van der Waals surface area contributed by atoms with E-state index in [1.807, 2.05) is 6.07 Å². The summed E-state index contributed by atoms with van der Waals surface area (Å²) in [4.78, 5) is 23.3. The minimum Gasteiger partial charge on any atom is -0.386 e. The van der Waals surface area contributed by atoms with Crippen molar-refractivity contribution >= 4 is 22.7 Å². The molecule has 0 spiro atoms. The van der Waals surface area contributed by atoms with E-state index in [9.17, 15) is 9.59 Å². The van der Waals surface area contributed by atoms with Crippen LogP contribution in [-0.2, 0) is 11.2 Å². The standard InChI is InChI=1S/C20H22O3/c1-2-3-4-5-6-7-8-14-9-10-15-12-17-18(13-16(15)11-14)20(22)23-19(17)21/h9-13H,2-8H2,1H3. The molecule has 2 aromatic carbocycles. The summed E-state index contributed by atoms with van der Waals surface area (Å²) in [5, 5.41) is 1.97. The van der Waals surface area contributed by atoms with E-state index in [0.29, 0.717) is 11.1 Å². The molecule has 3 rings (SSSR count). The molecule has 0 aromatic heterocycles. The van der Waals surface area contributed by atoms with E-state index in [1.165, 1.54) is 44.1 Å². The van der Waals surface area contributed by atoms with Gasteiger partial charge in [-0.25, -0.2) is 9.59 Å². The van der Waals surface area contributed by atoms with Gasteiger partial charge >= 0.3 is 11.9 Å². The van der Waals surface area contributed by atoms with Gasteiger partial charge in [0.25, 0.3) is 0 Å². The zero-order valence-corrected chi connectivity index (χ0v) is 13.6. The normalized spacial score (nSPS) is 13.4. The Morgan fingerprint density at radius 3 is 2.17 bits per heavy atom. The summed E-state index contributed by atoms with van der Waals surface area (Å²) in [5.41, 5.74) is 2.05. The van der Waals surface area contributed by atoms with Crippen LogP contribution in [0.4, 0.5) is 0 Å². The molecule has 0 fully saturated rings. The van der Waals surface area contributed by atoms with Crippen molar-refractivity contribution in [2.75, 3.05) is 0 Å². The van der Waals surface area contributed by atoms with Crippen molar-refractivity contribution in [3.05, 3.63) is 47.0 Å². The second-order valence-corrected chi connectivity index (χ2v) is 6.27. The molecular weight excluding hydrogens is 288 g/mol. The predicted octanol–water partition coefficient (Wildman–Crippen LogP) is 5.05. The van der Waals surface area contributed by atoms with Crippen molar-refractivity contribution in [3.8, 4) is 0 Å². The zero-order valence-electron chi connectivity index (χ0n) is 13.6. The first-order chi connectivity index (χ1) is 11.2. The maximum atomic E-state index is 11.7. The Morgan fingerprint density at radius 1 is 0.783 bits per heavy atom. The van der Waals surface area contributed by atoms with Gasteiger partial charge < -0.3 is 4.74 Å². The van der Waals surface area contributed by atoms with Crippen LogP contribution in [0.15, 0.2) is 30.3 Å². The molecule has 0 bridgehead atoms. The maximum Gasteiger partial charge on any atom is 0.346 e. The number of hydrogen-bond acceptors (Lipinski definition) is 3. The van der Waals surface area contributed by atoms with Crippen LogP contribution in [0.2, 0.25) is 0 Å². The maximum absolute atomic E-state index is 11.7. The molecule has 3 heteroatoms. The van der Waals surface area contributed by atoms with Crippen LogP contribution < -0.4 is 0 Å². The van der Waals surface area contributed by atoms with Gasteiger partial charge in [-0.15, -0.1) is 0 Å². The van der Waals surface area contributed by atoms with E-state index in [0.717, 1.165) is 17.2 Å². The third kappa shape index (κ3) is 3.44. The topological polar surface area (TPSA) is 43.4 Å². The van der Waals surface area contributed by atoms with Crippen molar-refractivity contribution in [2.45, 2.75) is 51.9 Å². The number of esters is 2. The van der Waals surface area contributed by atoms with Gasteiger partial charge in [0.1, 0.15) is 0 Å². The smallest absolute Gasteiger partial charge is 0.346 e. The summed E-state index contributed by atoms with van der Waals surface area (Å²) < 4.78 is 4.67. The monoisotopic (exact) mass is 310 g/mol. The number of benzene rings is 2. The van der Waals surface area contributed by atoms with Crippen LogP contribution in [0.1, 0.15) is 71.7 Å². The molecule has 3 nitrogen and oxygen atoms in total. The lowest BCUT2D eigenvalue weighted by atomic mass is 9.98. The Labute approximate surface area is 136 Å². The third-order valence-electron chi connectivity index (χ3n) is 4.49.